The summed E-state index contributed by atoms with van der Waals surface area (Å²) in [6.45, 7) is -5.67. The van der Waals surface area contributed by atoms with Crippen LogP contribution in [0.15, 0.2) is 0 Å². The Morgan fingerprint density at radius 1 is 0.224 bits per heavy atom. The SMILES string of the molecule is OC[C@H]1O[C@@H](O[C@@H]2[C@H](O)[C@@H](O)[C@H](O[C@@H]3[C@H](O)[C@@H](O)[C@H](O[C@@H]4[C@H](O)[C@@H](O)[C@H](O[C@@H]5[C@H](O)[C@@H](O)[C@H](O[C@@H]6[C@H](O)[C@@H](O)[C@H](O)O[C@@H]6CO)O[C@@H]5CO)O[C@@H]4CO)O[C@@H]3CO)O[C@@H]2CO)[C@H](O)[C@@H](O)[C@H]1O. The van der Waals surface area contributed by atoms with Crippen molar-refractivity contribution < 1.29 is 154 Å². The summed E-state index contributed by atoms with van der Waals surface area (Å²) >= 11 is 0. The molecule has 392 valence electrons. The van der Waals surface area contributed by atoms with E-state index in [9.17, 15) is 102 Å². The summed E-state index contributed by atoms with van der Waals surface area (Å²) in [5.74, 6) is 0. The molecular weight excluding hydrogens is 928 g/mol. The minimum atomic E-state index is -2.18. The Kier molecular flexibility index (Phi) is 19.4. The molecule has 30 atom stereocenters. The molecule has 0 radical (unpaired) electrons. The first-order chi connectivity index (χ1) is 31.8. The number of ether oxygens (including phenoxy) is 11. The molecule has 0 aromatic heterocycles. The Hall–Kier alpha value is -1.24. The monoisotopic (exact) mass is 990 g/mol. The number of hydrogen-bond donors (Lipinski definition) is 20. The van der Waals surface area contributed by atoms with Gasteiger partial charge in [-0.2, -0.15) is 0 Å². The van der Waals surface area contributed by atoms with Gasteiger partial charge in [0.1, 0.15) is 146 Å². The van der Waals surface area contributed by atoms with Gasteiger partial charge in [0.2, 0.25) is 0 Å². The average Bonchev–Trinajstić information content (AvgIpc) is 3.32. The van der Waals surface area contributed by atoms with Gasteiger partial charge in [0.15, 0.2) is 37.7 Å². The molecule has 31 heteroatoms. The van der Waals surface area contributed by atoms with Gasteiger partial charge >= 0.3 is 0 Å². The van der Waals surface area contributed by atoms with Crippen LogP contribution in [0.5, 0.6) is 0 Å². The highest BCUT2D eigenvalue weighted by atomic mass is 16.8. The quantitative estimate of drug-likeness (QED) is 0.0683. The van der Waals surface area contributed by atoms with Gasteiger partial charge in [-0.3, -0.25) is 0 Å². The fourth-order valence-electron chi connectivity index (χ4n) is 8.52. The molecule has 6 rings (SSSR count). The molecule has 0 bridgehead atoms. The summed E-state index contributed by atoms with van der Waals surface area (Å²) in [6, 6.07) is 0. The molecule has 31 nitrogen and oxygen atoms in total. The first-order valence-electron chi connectivity index (χ1n) is 21.1. The van der Waals surface area contributed by atoms with Crippen molar-refractivity contribution in [2.24, 2.45) is 0 Å². The number of aliphatic hydroxyl groups excluding tert-OH is 20. The molecule has 6 heterocycles. The number of rotatable bonds is 16. The maximum Gasteiger partial charge on any atom is 0.187 e. The van der Waals surface area contributed by atoms with Gasteiger partial charge in [0, 0.05) is 0 Å². The van der Waals surface area contributed by atoms with Gasteiger partial charge in [0.05, 0.1) is 39.6 Å². The Labute approximate surface area is 378 Å². The van der Waals surface area contributed by atoms with E-state index in [0.717, 1.165) is 0 Å². The highest BCUT2D eigenvalue weighted by molar-refractivity contribution is 5.00. The van der Waals surface area contributed by atoms with E-state index in [1.54, 1.807) is 0 Å². The third-order valence-corrected chi connectivity index (χ3v) is 12.4. The molecule has 0 saturated carbocycles. The highest BCUT2D eigenvalue weighted by Crippen LogP contribution is 2.36. The second-order valence-corrected chi connectivity index (χ2v) is 16.8. The lowest BCUT2D eigenvalue weighted by Crippen LogP contribution is -2.68. The molecule has 6 saturated heterocycles. The van der Waals surface area contributed by atoms with E-state index >= 15 is 0 Å². The van der Waals surface area contributed by atoms with Crippen LogP contribution in [0.3, 0.4) is 0 Å². The summed E-state index contributed by atoms with van der Waals surface area (Å²) < 4.78 is 60.5. The van der Waals surface area contributed by atoms with E-state index in [0.29, 0.717) is 0 Å². The van der Waals surface area contributed by atoms with Crippen molar-refractivity contribution in [1.82, 2.24) is 0 Å². The summed E-state index contributed by atoms with van der Waals surface area (Å²) in [5.41, 5.74) is 0. The predicted octanol–water partition coefficient (Wildman–Crippen LogP) is -14.1. The first-order valence-corrected chi connectivity index (χ1v) is 21.1. The van der Waals surface area contributed by atoms with Crippen LogP contribution in [0.25, 0.3) is 0 Å². The Morgan fingerprint density at radius 2 is 0.433 bits per heavy atom. The van der Waals surface area contributed by atoms with Crippen LogP contribution in [0.2, 0.25) is 0 Å². The van der Waals surface area contributed by atoms with E-state index in [1.807, 2.05) is 0 Å². The van der Waals surface area contributed by atoms with Crippen molar-refractivity contribution in [3.05, 3.63) is 0 Å². The standard InChI is InChI=1S/C36H62O31/c37-1-7-13(43)14(44)21(51)32(58-7)64-27-9(3-39)60-34(23(53)16(27)46)66-29-11(5-41)62-36(25(55)18(29)48)67-30-12(6-42)61-35(24(54)19(30)49)65-28-10(4-40)59-33(22(52)17(28)47)63-26-8(2-38)57-31(56)20(50)15(26)45/h7-56H,1-6H2/t7-,8-,9-,10-,11-,12-,13+,14+,15-,16-,17-,18-,19-,20-,21-,22-,23-,24-,25-,26+,27+,28+,29+,30+,31-,32+,33+,34+,35+,36+/m1/s1. The maximum absolute atomic E-state index is 11.2. The van der Waals surface area contributed by atoms with Crippen molar-refractivity contribution in [3.8, 4) is 0 Å². The summed E-state index contributed by atoms with van der Waals surface area (Å²) in [6.07, 6.45) is -56.5. The Balaban J connectivity index is 1.07. The van der Waals surface area contributed by atoms with Crippen LogP contribution >= 0.6 is 0 Å². The van der Waals surface area contributed by atoms with Gasteiger partial charge < -0.3 is 154 Å². The van der Waals surface area contributed by atoms with E-state index in [4.69, 9.17) is 52.1 Å². The lowest BCUT2D eigenvalue weighted by molar-refractivity contribution is -0.396. The van der Waals surface area contributed by atoms with Crippen LogP contribution in [-0.4, -0.2) is 326 Å². The lowest BCUT2D eigenvalue weighted by Gasteiger charge is -2.49. The van der Waals surface area contributed by atoms with Crippen LogP contribution in [0, 0.1) is 0 Å². The first kappa shape index (κ1) is 55.1. The minimum Gasteiger partial charge on any atom is -0.394 e. The van der Waals surface area contributed by atoms with E-state index < -0.39 is 224 Å². The van der Waals surface area contributed by atoms with E-state index in [1.165, 1.54) is 0 Å². The van der Waals surface area contributed by atoms with Gasteiger partial charge in [-0.25, -0.2) is 0 Å². The number of hydrogen-bond acceptors (Lipinski definition) is 31. The maximum atomic E-state index is 11.2. The molecule has 0 aromatic rings. The molecule has 6 aliphatic rings. The smallest absolute Gasteiger partial charge is 0.187 e. The van der Waals surface area contributed by atoms with Gasteiger partial charge in [-0.1, -0.05) is 0 Å². The fourth-order valence-corrected chi connectivity index (χ4v) is 8.52. The van der Waals surface area contributed by atoms with Crippen LogP contribution < -0.4 is 0 Å². The van der Waals surface area contributed by atoms with Crippen molar-refractivity contribution >= 4 is 0 Å². The Bertz CT molecular complexity index is 1500. The molecule has 20 N–H and O–H groups in total. The van der Waals surface area contributed by atoms with Crippen molar-refractivity contribution in [3.63, 3.8) is 0 Å². The molecule has 0 aliphatic carbocycles. The average molecular weight is 991 g/mol. The van der Waals surface area contributed by atoms with Crippen molar-refractivity contribution in [2.45, 2.75) is 184 Å². The fraction of sp³-hybridized carbons (Fsp3) is 1.00. The summed E-state index contributed by atoms with van der Waals surface area (Å²) in [4.78, 5) is 0. The highest BCUT2D eigenvalue weighted by Gasteiger charge is 2.57. The van der Waals surface area contributed by atoms with Crippen molar-refractivity contribution in [1.29, 1.82) is 0 Å². The van der Waals surface area contributed by atoms with Crippen LogP contribution in [-0.2, 0) is 52.1 Å². The summed E-state index contributed by atoms with van der Waals surface area (Å²) in [5, 5.41) is 209. The lowest BCUT2D eigenvalue weighted by atomic mass is 9.95. The zero-order valence-corrected chi connectivity index (χ0v) is 35.0. The minimum absolute atomic E-state index is 0.830. The molecule has 6 fully saturated rings. The normalized spacial score (nSPS) is 53.4. The van der Waals surface area contributed by atoms with Crippen molar-refractivity contribution in [2.75, 3.05) is 39.6 Å². The topological polar surface area (TPSA) is 506 Å². The third-order valence-electron chi connectivity index (χ3n) is 12.4. The predicted molar refractivity (Wildman–Crippen MR) is 199 cm³/mol. The third kappa shape index (κ3) is 11.2. The second-order valence-electron chi connectivity index (χ2n) is 16.8. The molecular formula is C36H62O31. The summed E-state index contributed by atoms with van der Waals surface area (Å²) in [7, 11) is 0. The van der Waals surface area contributed by atoms with E-state index in [2.05, 4.69) is 0 Å². The zero-order valence-electron chi connectivity index (χ0n) is 35.0. The van der Waals surface area contributed by atoms with Gasteiger partial charge in [0.25, 0.3) is 0 Å². The molecule has 0 amide bonds. The van der Waals surface area contributed by atoms with E-state index in [-0.39, 0.29) is 0 Å². The second kappa shape index (κ2) is 23.5. The Morgan fingerprint density at radius 3 is 0.687 bits per heavy atom. The largest absolute Gasteiger partial charge is 0.394 e. The van der Waals surface area contributed by atoms with Gasteiger partial charge in [-0.05, 0) is 0 Å². The van der Waals surface area contributed by atoms with Gasteiger partial charge in [-0.15, -0.1) is 0 Å². The molecule has 67 heavy (non-hydrogen) atoms. The molecule has 6 aliphatic heterocycles. The van der Waals surface area contributed by atoms with Crippen LogP contribution in [0.1, 0.15) is 0 Å². The molecule has 0 aromatic carbocycles. The van der Waals surface area contributed by atoms with Crippen LogP contribution in [0.4, 0.5) is 0 Å². The number of aliphatic hydroxyl groups is 20. The molecule has 0 unspecified atom stereocenters. The zero-order chi connectivity index (χ0) is 49.3. The molecule has 0 spiro atoms.